The van der Waals surface area contributed by atoms with Crippen LogP contribution in [-0.2, 0) is 0 Å². The molecule has 0 unspecified atom stereocenters. The Balaban J connectivity index is 0.000000948. The second-order valence-corrected chi connectivity index (χ2v) is 7.17. The fourth-order valence-corrected chi connectivity index (χ4v) is 3.59. The second kappa shape index (κ2) is 8.18. The van der Waals surface area contributed by atoms with E-state index < -0.39 is 0 Å². The number of fused-ring (bicyclic) bond motifs is 1. The minimum atomic E-state index is 0.554. The summed E-state index contributed by atoms with van der Waals surface area (Å²) < 4.78 is 2.88. The molecule has 0 aliphatic heterocycles. The molecular formula is C21H19ClIN3. The van der Waals surface area contributed by atoms with E-state index in [1.165, 1.54) is 3.57 Å². The lowest BCUT2D eigenvalue weighted by Crippen LogP contribution is -1.95. The van der Waals surface area contributed by atoms with Gasteiger partial charge in [-0.05, 0) is 47.2 Å². The lowest BCUT2D eigenvalue weighted by molar-refractivity contribution is 0.919. The van der Waals surface area contributed by atoms with Gasteiger partial charge in [0.05, 0.1) is 11.4 Å². The van der Waals surface area contributed by atoms with E-state index in [4.69, 9.17) is 16.6 Å². The molecule has 0 radical (unpaired) electrons. The number of aryl methyl sites for hydroxylation is 1. The minimum absolute atomic E-state index is 0.554. The summed E-state index contributed by atoms with van der Waals surface area (Å²) in [6.45, 7) is 5.99. The van der Waals surface area contributed by atoms with E-state index in [-0.39, 0.29) is 0 Å². The van der Waals surface area contributed by atoms with Crippen LogP contribution in [0.1, 0.15) is 19.5 Å². The average molecular weight is 476 g/mol. The van der Waals surface area contributed by atoms with Crippen LogP contribution in [-0.4, -0.2) is 14.6 Å². The summed E-state index contributed by atoms with van der Waals surface area (Å²) in [4.78, 5) is 4.85. The predicted molar refractivity (Wildman–Crippen MR) is 118 cm³/mol. The van der Waals surface area contributed by atoms with Crippen LogP contribution in [0.3, 0.4) is 0 Å². The number of nitrogens with zero attached hydrogens (tertiary/aromatic N) is 3. The Kier molecular flexibility index (Phi) is 5.94. The Morgan fingerprint density at radius 3 is 2.31 bits per heavy atom. The zero-order valence-corrected chi connectivity index (χ0v) is 17.8. The molecule has 0 N–H and O–H groups in total. The molecule has 0 saturated carbocycles. The highest BCUT2D eigenvalue weighted by atomic mass is 127. The van der Waals surface area contributed by atoms with Gasteiger partial charge >= 0.3 is 0 Å². The first-order chi connectivity index (χ1) is 12.6. The van der Waals surface area contributed by atoms with Gasteiger partial charge in [0.25, 0.3) is 0 Å². The molecule has 0 aliphatic carbocycles. The van der Waals surface area contributed by atoms with Crippen molar-refractivity contribution in [3.63, 3.8) is 0 Å². The molecule has 2 aromatic carbocycles. The number of hydrogen-bond acceptors (Lipinski definition) is 2. The maximum absolute atomic E-state index is 6.48. The Bertz CT molecular complexity index is 1040. The van der Waals surface area contributed by atoms with Gasteiger partial charge in [0.1, 0.15) is 5.15 Å². The topological polar surface area (TPSA) is 30.2 Å². The molecule has 4 rings (SSSR count). The zero-order valence-electron chi connectivity index (χ0n) is 14.9. The second-order valence-electron chi connectivity index (χ2n) is 5.54. The van der Waals surface area contributed by atoms with Crippen molar-refractivity contribution < 1.29 is 0 Å². The molecule has 0 bridgehead atoms. The predicted octanol–water partition coefficient (Wildman–Crippen LogP) is 6.66. The third kappa shape index (κ3) is 3.62. The number of halogens is 2. The van der Waals surface area contributed by atoms with E-state index in [1.807, 2.05) is 63.2 Å². The van der Waals surface area contributed by atoms with Gasteiger partial charge in [-0.3, -0.25) is 0 Å². The monoisotopic (exact) mass is 475 g/mol. The van der Waals surface area contributed by atoms with E-state index in [0.717, 1.165) is 33.7 Å². The lowest BCUT2D eigenvalue weighted by Gasteiger charge is -2.06. The molecule has 26 heavy (non-hydrogen) atoms. The van der Waals surface area contributed by atoms with Gasteiger partial charge in [-0.15, -0.1) is 0 Å². The molecule has 0 fully saturated rings. The highest BCUT2D eigenvalue weighted by molar-refractivity contribution is 14.1. The molecule has 0 aliphatic rings. The van der Waals surface area contributed by atoms with Gasteiger partial charge in [-0.1, -0.05) is 67.9 Å². The standard InChI is InChI=1S/C19H13ClIN3.C2H6/c1-12-18(14-8-5-9-15(21)10-14)19-22-16(11-17(20)24(19)23-12)13-6-3-2-4-7-13;1-2/h2-11H,1H3;1-2H3. The largest absolute Gasteiger partial charge is 0.228 e. The minimum Gasteiger partial charge on any atom is -0.228 e. The van der Waals surface area contributed by atoms with Gasteiger partial charge < -0.3 is 0 Å². The van der Waals surface area contributed by atoms with Gasteiger partial charge in [-0.2, -0.15) is 5.10 Å². The van der Waals surface area contributed by atoms with Gasteiger partial charge in [-0.25, -0.2) is 9.50 Å². The maximum Gasteiger partial charge on any atom is 0.165 e. The van der Waals surface area contributed by atoms with Crippen LogP contribution in [0.15, 0.2) is 60.7 Å². The summed E-state index contributed by atoms with van der Waals surface area (Å²) in [5.41, 5.74) is 5.70. The molecule has 0 spiro atoms. The Labute approximate surface area is 172 Å². The van der Waals surface area contributed by atoms with E-state index in [2.05, 4.69) is 45.9 Å². The molecule has 2 heterocycles. The molecular weight excluding hydrogens is 457 g/mol. The summed E-state index contributed by atoms with van der Waals surface area (Å²) in [7, 11) is 0. The van der Waals surface area contributed by atoms with Crippen LogP contribution in [0.4, 0.5) is 0 Å². The summed E-state index contributed by atoms with van der Waals surface area (Å²) >= 11 is 8.79. The molecule has 4 aromatic rings. The maximum atomic E-state index is 6.48. The van der Waals surface area contributed by atoms with Crippen molar-refractivity contribution in [2.24, 2.45) is 0 Å². The number of rotatable bonds is 2. The lowest BCUT2D eigenvalue weighted by atomic mass is 10.1. The smallest absolute Gasteiger partial charge is 0.165 e. The van der Waals surface area contributed by atoms with Crippen molar-refractivity contribution in [3.8, 4) is 22.4 Å². The first kappa shape index (κ1) is 18.9. The van der Waals surface area contributed by atoms with Gasteiger partial charge in [0, 0.05) is 20.8 Å². The molecule has 5 heteroatoms. The molecule has 0 atom stereocenters. The fourth-order valence-electron chi connectivity index (χ4n) is 2.83. The molecule has 2 aromatic heterocycles. The van der Waals surface area contributed by atoms with Crippen molar-refractivity contribution in [2.45, 2.75) is 20.8 Å². The summed E-state index contributed by atoms with van der Waals surface area (Å²) in [6.07, 6.45) is 0. The molecule has 0 saturated heterocycles. The number of aromatic nitrogens is 3. The molecule has 132 valence electrons. The first-order valence-electron chi connectivity index (χ1n) is 8.51. The summed E-state index contributed by atoms with van der Waals surface area (Å²) in [5.74, 6) is 0. The Morgan fingerprint density at radius 1 is 0.923 bits per heavy atom. The average Bonchev–Trinajstić information content (AvgIpc) is 3.01. The van der Waals surface area contributed by atoms with Crippen LogP contribution >= 0.6 is 34.2 Å². The van der Waals surface area contributed by atoms with Gasteiger partial charge in [0.2, 0.25) is 0 Å². The molecule has 0 amide bonds. The van der Waals surface area contributed by atoms with Crippen molar-refractivity contribution in [2.75, 3.05) is 0 Å². The van der Waals surface area contributed by atoms with Crippen LogP contribution < -0.4 is 0 Å². The van der Waals surface area contributed by atoms with Crippen LogP contribution in [0.25, 0.3) is 28.0 Å². The third-order valence-corrected chi connectivity index (χ3v) is 4.84. The van der Waals surface area contributed by atoms with Crippen molar-refractivity contribution in [1.29, 1.82) is 0 Å². The highest BCUT2D eigenvalue weighted by Crippen LogP contribution is 2.31. The van der Waals surface area contributed by atoms with Crippen LogP contribution in [0.2, 0.25) is 5.15 Å². The Morgan fingerprint density at radius 2 is 1.62 bits per heavy atom. The normalized spacial score (nSPS) is 10.5. The van der Waals surface area contributed by atoms with Gasteiger partial charge in [0.15, 0.2) is 5.65 Å². The third-order valence-electron chi connectivity index (χ3n) is 3.90. The quantitative estimate of drug-likeness (QED) is 0.240. The first-order valence-corrected chi connectivity index (χ1v) is 9.96. The van der Waals surface area contributed by atoms with E-state index in [0.29, 0.717) is 5.15 Å². The van der Waals surface area contributed by atoms with Crippen LogP contribution in [0.5, 0.6) is 0 Å². The number of hydrogen-bond donors (Lipinski definition) is 0. The van der Waals surface area contributed by atoms with Crippen molar-refractivity contribution in [1.82, 2.24) is 14.6 Å². The van der Waals surface area contributed by atoms with Crippen molar-refractivity contribution >= 4 is 39.8 Å². The zero-order chi connectivity index (χ0) is 18.7. The highest BCUT2D eigenvalue weighted by Gasteiger charge is 2.16. The molecule has 3 nitrogen and oxygen atoms in total. The van der Waals surface area contributed by atoms with E-state index in [1.54, 1.807) is 4.52 Å². The SMILES string of the molecule is CC.Cc1nn2c(Cl)cc(-c3ccccc3)nc2c1-c1cccc(I)c1. The number of benzene rings is 2. The van der Waals surface area contributed by atoms with E-state index >= 15 is 0 Å². The fraction of sp³-hybridized carbons (Fsp3) is 0.143. The summed E-state index contributed by atoms with van der Waals surface area (Å²) in [5, 5.41) is 5.13. The van der Waals surface area contributed by atoms with Crippen molar-refractivity contribution in [3.05, 3.63) is 75.1 Å². The summed E-state index contributed by atoms with van der Waals surface area (Å²) in [6, 6.07) is 20.2. The van der Waals surface area contributed by atoms with E-state index in [9.17, 15) is 0 Å². The Hall–Kier alpha value is -1.92. The van der Waals surface area contributed by atoms with Crippen LogP contribution in [0, 0.1) is 10.5 Å².